The highest BCUT2D eigenvalue weighted by molar-refractivity contribution is 7.91. The molecule has 5 rings (SSSR count). The van der Waals surface area contributed by atoms with Gasteiger partial charge in [-0.15, -0.1) is 11.3 Å². The fraction of sp³-hybridized carbons (Fsp3) is 0.345. The molecule has 2 N–H and O–H groups in total. The number of aromatic carboxylic acids is 1. The van der Waals surface area contributed by atoms with Gasteiger partial charge in [0.1, 0.15) is 4.88 Å². The Labute approximate surface area is 231 Å². The summed E-state index contributed by atoms with van der Waals surface area (Å²) in [4.78, 5) is 40.6. The third-order valence-corrected chi connectivity index (χ3v) is 10.4. The third kappa shape index (κ3) is 6.07. The summed E-state index contributed by atoms with van der Waals surface area (Å²) in [6.07, 6.45) is 3.32. The summed E-state index contributed by atoms with van der Waals surface area (Å²) in [7, 11) is -3.29. The molecule has 1 fully saturated rings. The zero-order chi connectivity index (χ0) is 27.7. The molecule has 1 aliphatic carbocycles. The van der Waals surface area contributed by atoms with Crippen molar-refractivity contribution in [3.63, 3.8) is 0 Å². The SMILES string of the molecule is CCc1c(C(=O)O)sc2c1CCN(C(=O)c1ccc(NC(=O)Cc3ccc(S(=O)(=O)CC4CC4)cc3)cc1)C2. The normalized spacial score (nSPS) is 15.1. The molecular formula is C29H30N2O6S2. The van der Waals surface area contributed by atoms with Gasteiger partial charge in [-0.3, -0.25) is 9.59 Å². The number of nitrogens with zero attached hydrogens (tertiary/aromatic N) is 1. The van der Waals surface area contributed by atoms with Crippen LogP contribution in [0.15, 0.2) is 53.4 Å². The van der Waals surface area contributed by atoms with Crippen LogP contribution < -0.4 is 5.32 Å². The van der Waals surface area contributed by atoms with Gasteiger partial charge in [-0.25, -0.2) is 13.2 Å². The Morgan fingerprint density at radius 3 is 2.36 bits per heavy atom. The zero-order valence-corrected chi connectivity index (χ0v) is 23.2. The van der Waals surface area contributed by atoms with Crippen molar-refractivity contribution < 1.29 is 27.9 Å². The summed E-state index contributed by atoms with van der Waals surface area (Å²) >= 11 is 1.26. The topological polar surface area (TPSA) is 121 Å². The molecular weight excluding hydrogens is 536 g/mol. The highest BCUT2D eigenvalue weighted by atomic mass is 32.2. The monoisotopic (exact) mass is 566 g/mol. The van der Waals surface area contributed by atoms with E-state index in [4.69, 9.17) is 0 Å². The second kappa shape index (κ2) is 10.9. The van der Waals surface area contributed by atoms with Crippen molar-refractivity contribution in [1.29, 1.82) is 0 Å². The summed E-state index contributed by atoms with van der Waals surface area (Å²) in [6, 6.07) is 13.2. The average Bonchev–Trinajstić information content (AvgIpc) is 3.64. The van der Waals surface area contributed by atoms with Crippen LogP contribution in [0.25, 0.3) is 0 Å². The average molecular weight is 567 g/mol. The van der Waals surface area contributed by atoms with E-state index < -0.39 is 15.8 Å². The molecule has 0 bridgehead atoms. The van der Waals surface area contributed by atoms with Crippen molar-refractivity contribution in [2.24, 2.45) is 5.92 Å². The molecule has 2 aliphatic rings. The number of hydrogen-bond acceptors (Lipinski definition) is 6. The predicted molar refractivity (Wildman–Crippen MR) is 149 cm³/mol. The molecule has 10 heteroatoms. The smallest absolute Gasteiger partial charge is 0.346 e. The fourth-order valence-corrected chi connectivity index (χ4v) is 7.95. The van der Waals surface area contributed by atoms with Gasteiger partial charge in [0.15, 0.2) is 9.84 Å². The van der Waals surface area contributed by atoms with Crippen molar-refractivity contribution in [2.75, 3.05) is 17.6 Å². The number of carbonyl (C=O) groups excluding carboxylic acids is 2. The van der Waals surface area contributed by atoms with Crippen LogP contribution in [-0.4, -0.2) is 48.5 Å². The van der Waals surface area contributed by atoms with E-state index in [-0.39, 0.29) is 34.8 Å². The minimum absolute atomic E-state index is 0.0959. The fourth-order valence-electron chi connectivity index (χ4n) is 4.96. The molecule has 0 saturated heterocycles. The number of carbonyl (C=O) groups is 3. The second-order valence-corrected chi connectivity index (χ2v) is 13.3. The van der Waals surface area contributed by atoms with Gasteiger partial charge in [-0.2, -0.15) is 0 Å². The molecule has 2 amide bonds. The number of thiophene rings is 1. The predicted octanol–water partition coefficient (Wildman–Crippen LogP) is 4.57. The van der Waals surface area contributed by atoms with Crippen molar-refractivity contribution >= 4 is 44.6 Å². The highest BCUT2D eigenvalue weighted by Gasteiger charge is 2.30. The molecule has 2 aromatic carbocycles. The highest BCUT2D eigenvalue weighted by Crippen LogP contribution is 2.34. The summed E-state index contributed by atoms with van der Waals surface area (Å²) < 4.78 is 24.8. The number of fused-ring (bicyclic) bond motifs is 1. The van der Waals surface area contributed by atoms with Crippen LogP contribution in [0.2, 0.25) is 0 Å². The maximum absolute atomic E-state index is 13.1. The lowest BCUT2D eigenvalue weighted by molar-refractivity contribution is -0.115. The van der Waals surface area contributed by atoms with Crippen molar-refractivity contribution in [3.8, 4) is 0 Å². The molecule has 1 aromatic heterocycles. The molecule has 1 saturated carbocycles. The van der Waals surface area contributed by atoms with Gasteiger partial charge in [-0.05, 0) is 84.7 Å². The number of rotatable bonds is 9. The minimum atomic E-state index is -3.29. The van der Waals surface area contributed by atoms with Crippen molar-refractivity contribution in [1.82, 2.24) is 4.90 Å². The first kappa shape index (κ1) is 27.1. The van der Waals surface area contributed by atoms with E-state index in [9.17, 15) is 27.9 Å². The Bertz CT molecular complexity index is 1520. The van der Waals surface area contributed by atoms with Gasteiger partial charge >= 0.3 is 5.97 Å². The number of benzene rings is 2. The molecule has 39 heavy (non-hydrogen) atoms. The molecule has 204 valence electrons. The quantitative estimate of drug-likeness (QED) is 0.391. The first-order valence-corrected chi connectivity index (χ1v) is 15.5. The summed E-state index contributed by atoms with van der Waals surface area (Å²) in [6.45, 7) is 2.86. The van der Waals surface area contributed by atoms with E-state index in [1.165, 1.54) is 11.3 Å². The summed E-state index contributed by atoms with van der Waals surface area (Å²) in [5.41, 5.74) is 3.70. The number of nitrogens with one attached hydrogen (secondary N) is 1. The molecule has 3 aromatic rings. The van der Waals surface area contributed by atoms with Crippen LogP contribution >= 0.6 is 11.3 Å². The number of amides is 2. The molecule has 0 radical (unpaired) electrons. The van der Waals surface area contributed by atoms with E-state index in [2.05, 4.69) is 5.32 Å². The lowest BCUT2D eigenvalue weighted by Gasteiger charge is -2.27. The van der Waals surface area contributed by atoms with E-state index in [0.717, 1.165) is 28.8 Å². The standard InChI is InChI=1S/C29H30N2O6S2/c1-2-23-24-13-14-31(16-25(24)38-27(23)29(34)35)28(33)20-7-9-21(10-8-20)30-26(32)15-18-5-11-22(12-6-18)39(36,37)17-19-3-4-19/h5-12,19H,2-4,13-17H2,1H3,(H,30,32)(H,34,35). The summed E-state index contributed by atoms with van der Waals surface area (Å²) in [5, 5.41) is 12.3. The third-order valence-electron chi connectivity index (χ3n) is 7.22. The Hall–Kier alpha value is -3.50. The Morgan fingerprint density at radius 2 is 1.74 bits per heavy atom. The maximum atomic E-state index is 13.1. The van der Waals surface area contributed by atoms with Gasteiger partial charge in [0.05, 0.1) is 23.6 Å². The molecule has 2 heterocycles. The second-order valence-electron chi connectivity index (χ2n) is 10.1. The molecule has 0 spiro atoms. The maximum Gasteiger partial charge on any atom is 0.346 e. The lowest BCUT2D eigenvalue weighted by Crippen LogP contribution is -2.35. The Kier molecular flexibility index (Phi) is 7.59. The Morgan fingerprint density at radius 1 is 1.05 bits per heavy atom. The van der Waals surface area contributed by atoms with Crippen LogP contribution in [0.3, 0.4) is 0 Å². The van der Waals surface area contributed by atoms with Crippen LogP contribution in [-0.2, 0) is 40.4 Å². The first-order chi connectivity index (χ1) is 18.6. The van der Waals surface area contributed by atoms with Gasteiger partial charge in [-0.1, -0.05) is 19.1 Å². The van der Waals surface area contributed by atoms with Gasteiger partial charge in [0.2, 0.25) is 5.91 Å². The zero-order valence-electron chi connectivity index (χ0n) is 21.6. The van der Waals surface area contributed by atoms with E-state index in [1.54, 1.807) is 53.4 Å². The largest absolute Gasteiger partial charge is 0.477 e. The minimum Gasteiger partial charge on any atom is -0.477 e. The van der Waals surface area contributed by atoms with Gasteiger partial charge < -0.3 is 15.3 Å². The molecule has 1 aliphatic heterocycles. The van der Waals surface area contributed by atoms with Crippen LogP contribution in [0.1, 0.15) is 61.4 Å². The number of anilines is 1. The van der Waals surface area contributed by atoms with Crippen molar-refractivity contribution in [2.45, 2.75) is 50.5 Å². The van der Waals surface area contributed by atoms with E-state index in [1.807, 2.05) is 6.92 Å². The van der Waals surface area contributed by atoms with Crippen LogP contribution in [0, 0.1) is 5.92 Å². The first-order valence-electron chi connectivity index (χ1n) is 13.0. The van der Waals surface area contributed by atoms with Crippen LogP contribution in [0.5, 0.6) is 0 Å². The van der Waals surface area contributed by atoms with Gasteiger partial charge in [0.25, 0.3) is 5.91 Å². The van der Waals surface area contributed by atoms with Gasteiger partial charge in [0, 0.05) is 22.7 Å². The molecule has 0 atom stereocenters. The van der Waals surface area contributed by atoms with E-state index in [0.29, 0.717) is 47.6 Å². The number of carboxylic acids is 1. The number of sulfone groups is 1. The molecule has 0 unspecified atom stereocenters. The Balaban J connectivity index is 1.17. The van der Waals surface area contributed by atoms with Crippen molar-refractivity contribution in [3.05, 3.63) is 80.5 Å². The summed E-state index contributed by atoms with van der Waals surface area (Å²) in [5.74, 6) is -0.847. The lowest BCUT2D eigenvalue weighted by atomic mass is 9.99. The van der Waals surface area contributed by atoms with Crippen LogP contribution in [0.4, 0.5) is 5.69 Å². The number of hydrogen-bond donors (Lipinski definition) is 2. The van der Waals surface area contributed by atoms with E-state index >= 15 is 0 Å². The molecule has 8 nitrogen and oxygen atoms in total. The number of carboxylic acid groups (broad SMARTS) is 1.